The van der Waals surface area contributed by atoms with E-state index in [9.17, 15) is 18.0 Å². The van der Waals surface area contributed by atoms with E-state index in [1.165, 1.54) is 10.4 Å². The lowest BCUT2D eigenvalue weighted by Gasteiger charge is -2.16. The molecule has 3 rings (SSSR count). The van der Waals surface area contributed by atoms with Crippen LogP contribution in [-0.4, -0.2) is 33.0 Å². The number of nitrogens with one attached hydrogen (secondary N) is 2. The van der Waals surface area contributed by atoms with Crippen LogP contribution in [0.25, 0.3) is 0 Å². The van der Waals surface area contributed by atoms with Gasteiger partial charge in [-0.2, -0.15) is 0 Å². The molecule has 0 unspecified atom stereocenters. The maximum atomic E-state index is 12.2. The Hall–Kier alpha value is -2.58. The van der Waals surface area contributed by atoms with Gasteiger partial charge in [0.25, 0.3) is 5.91 Å². The number of amides is 2. The lowest BCUT2D eigenvalue weighted by atomic mass is 10.1. The Bertz CT molecular complexity index is 990. The Morgan fingerprint density at radius 3 is 2.48 bits per heavy atom. The average molecular weight is 408 g/mol. The highest BCUT2D eigenvalue weighted by Gasteiger charge is 2.26. The van der Waals surface area contributed by atoms with Crippen molar-refractivity contribution < 1.29 is 18.0 Å². The van der Waals surface area contributed by atoms with Crippen molar-refractivity contribution in [1.82, 2.24) is 10.9 Å². The largest absolute Gasteiger partial charge is 0.273 e. The molecule has 27 heavy (non-hydrogen) atoms. The number of nitrogens with zero attached hydrogens (tertiary/aromatic N) is 1. The Morgan fingerprint density at radius 1 is 1.11 bits per heavy atom. The van der Waals surface area contributed by atoms with E-state index >= 15 is 0 Å². The first-order chi connectivity index (χ1) is 12.7. The third kappa shape index (κ3) is 4.58. The molecule has 2 N–H and O–H groups in total. The van der Waals surface area contributed by atoms with E-state index in [1.807, 2.05) is 0 Å². The van der Waals surface area contributed by atoms with Gasteiger partial charge in [-0.15, -0.1) is 0 Å². The Labute approximate surface area is 162 Å². The number of hydrogen-bond donors (Lipinski definition) is 2. The normalized spacial score (nSPS) is 13.2. The van der Waals surface area contributed by atoms with Gasteiger partial charge in [-0.05, 0) is 47.9 Å². The molecule has 2 aromatic carbocycles. The summed E-state index contributed by atoms with van der Waals surface area (Å²) in [7, 11) is -3.34. The summed E-state index contributed by atoms with van der Waals surface area (Å²) in [5.74, 6) is -0.838. The molecule has 7 nitrogen and oxygen atoms in total. The van der Waals surface area contributed by atoms with Gasteiger partial charge in [0.1, 0.15) is 0 Å². The third-order valence-electron chi connectivity index (χ3n) is 4.19. The summed E-state index contributed by atoms with van der Waals surface area (Å²) in [5.41, 5.74) is 7.21. The Kier molecular flexibility index (Phi) is 5.38. The van der Waals surface area contributed by atoms with Crippen LogP contribution in [0.5, 0.6) is 0 Å². The third-order valence-corrected chi connectivity index (χ3v) is 5.62. The predicted octanol–water partition coefficient (Wildman–Crippen LogP) is 1.67. The SMILES string of the molecule is CS(=O)(=O)N1CCc2cc(C(=O)NNC(=O)Cc3ccc(Cl)cc3)ccc21. The molecule has 0 fully saturated rings. The molecule has 0 saturated heterocycles. The van der Waals surface area contributed by atoms with E-state index in [-0.39, 0.29) is 12.3 Å². The van der Waals surface area contributed by atoms with Crippen LogP contribution in [0.4, 0.5) is 5.69 Å². The molecule has 2 aromatic rings. The molecular formula is C18H18ClN3O4S. The summed E-state index contributed by atoms with van der Waals surface area (Å²) in [5, 5.41) is 0.582. The average Bonchev–Trinajstić information content (AvgIpc) is 3.05. The lowest BCUT2D eigenvalue weighted by Crippen LogP contribution is -2.42. The summed E-state index contributed by atoms with van der Waals surface area (Å²) in [4.78, 5) is 24.2. The maximum Gasteiger partial charge on any atom is 0.269 e. The summed E-state index contributed by atoms with van der Waals surface area (Å²) >= 11 is 5.80. The van der Waals surface area contributed by atoms with Crippen LogP contribution < -0.4 is 15.2 Å². The first kappa shape index (κ1) is 19.2. The molecule has 9 heteroatoms. The van der Waals surface area contributed by atoms with Crippen molar-refractivity contribution in [2.45, 2.75) is 12.8 Å². The zero-order valence-electron chi connectivity index (χ0n) is 14.5. The highest BCUT2D eigenvalue weighted by Crippen LogP contribution is 2.30. The van der Waals surface area contributed by atoms with Crippen molar-refractivity contribution in [2.24, 2.45) is 0 Å². The minimum atomic E-state index is -3.34. The molecular weight excluding hydrogens is 390 g/mol. The van der Waals surface area contributed by atoms with Gasteiger partial charge in [0.15, 0.2) is 0 Å². The van der Waals surface area contributed by atoms with Crippen molar-refractivity contribution in [3.05, 3.63) is 64.2 Å². The summed E-state index contributed by atoms with van der Waals surface area (Å²) in [6.45, 7) is 0.358. The van der Waals surface area contributed by atoms with Crippen LogP contribution in [0.2, 0.25) is 5.02 Å². The van der Waals surface area contributed by atoms with Crippen molar-refractivity contribution in [2.75, 3.05) is 17.1 Å². The number of fused-ring (bicyclic) bond motifs is 1. The molecule has 0 bridgehead atoms. The monoisotopic (exact) mass is 407 g/mol. The number of hydrazine groups is 1. The number of anilines is 1. The fraction of sp³-hybridized carbons (Fsp3) is 0.222. The van der Waals surface area contributed by atoms with Crippen LogP contribution >= 0.6 is 11.6 Å². The lowest BCUT2D eigenvalue weighted by molar-refractivity contribution is -0.121. The van der Waals surface area contributed by atoms with Crippen molar-refractivity contribution in [1.29, 1.82) is 0 Å². The van der Waals surface area contributed by atoms with Crippen molar-refractivity contribution >= 4 is 39.1 Å². The quantitative estimate of drug-likeness (QED) is 0.753. The van der Waals surface area contributed by atoms with Crippen LogP contribution in [0.15, 0.2) is 42.5 Å². The van der Waals surface area contributed by atoms with Gasteiger partial charge in [-0.1, -0.05) is 23.7 Å². The smallest absolute Gasteiger partial charge is 0.269 e. The second kappa shape index (κ2) is 7.58. The van der Waals surface area contributed by atoms with E-state index in [1.54, 1.807) is 36.4 Å². The number of hydrogen-bond acceptors (Lipinski definition) is 4. The molecule has 1 aliphatic heterocycles. The van der Waals surface area contributed by atoms with Gasteiger partial charge >= 0.3 is 0 Å². The highest BCUT2D eigenvalue weighted by molar-refractivity contribution is 7.92. The summed E-state index contributed by atoms with van der Waals surface area (Å²) in [6.07, 6.45) is 1.79. The van der Waals surface area contributed by atoms with Gasteiger partial charge in [-0.3, -0.25) is 24.7 Å². The molecule has 0 saturated carbocycles. The number of carbonyl (C=O) groups is 2. The number of carbonyl (C=O) groups excluding carboxylic acids is 2. The first-order valence-electron chi connectivity index (χ1n) is 8.18. The minimum absolute atomic E-state index is 0.102. The van der Waals surface area contributed by atoms with Crippen molar-refractivity contribution in [3.8, 4) is 0 Å². The molecule has 0 atom stereocenters. The van der Waals surface area contributed by atoms with E-state index in [0.29, 0.717) is 29.2 Å². The second-order valence-corrected chi connectivity index (χ2v) is 8.58. The van der Waals surface area contributed by atoms with E-state index in [4.69, 9.17) is 11.6 Å². The van der Waals surface area contributed by atoms with Crippen LogP contribution in [-0.2, 0) is 27.7 Å². The van der Waals surface area contributed by atoms with Gasteiger partial charge in [0.05, 0.1) is 18.4 Å². The molecule has 0 radical (unpaired) electrons. The Balaban J connectivity index is 1.60. The molecule has 0 aliphatic carbocycles. The fourth-order valence-corrected chi connectivity index (χ4v) is 3.97. The van der Waals surface area contributed by atoms with Crippen molar-refractivity contribution in [3.63, 3.8) is 0 Å². The van der Waals surface area contributed by atoms with Crippen LogP contribution in [0.3, 0.4) is 0 Å². The van der Waals surface area contributed by atoms with Gasteiger partial charge in [0, 0.05) is 17.1 Å². The number of benzene rings is 2. The zero-order chi connectivity index (χ0) is 19.6. The molecule has 1 aliphatic rings. The minimum Gasteiger partial charge on any atom is -0.273 e. The van der Waals surface area contributed by atoms with Gasteiger partial charge in [-0.25, -0.2) is 8.42 Å². The van der Waals surface area contributed by atoms with E-state index < -0.39 is 15.9 Å². The molecule has 0 aromatic heterocycles. The first-order valence-corrected chi connectivity index (χ1v) is 10.4. The standard InChI is InChI=1S/C18H18ClN3O4S/c1-27(25,26)22-9-8-13-11-14(4-7-16(13)22)18(24)21-20-17(23)10-12-2-5-15(19)6-3-12/h2-7,11H,8-10H2,1H3,(H,20,23)(H,21,24). The maximum absolute atomic E-state index is 12.2. The molecule has 142 valence electrons. The topological polar surface area (TPSA) is 95.6 Å². The van der Waals surface area contributed by atoms with Gasteiger partial charge in [0.2, 0.25) is 15.9 Å². The summed E-state index contributed by atoms with van der Waals surface area (Å²) in [6, 6.07) is 11.6. The fourth-order valence-electron chi connectivity index (χ4n) is 2.89. The molecule has 0 spiro atoms. The van der Waals surface area contributed by atoms with E-state index in [0.717, 1.165) is 17.4 Å². The second-order valence-electron chi connectivity index (χ2n) is 6.23. The summed E-state index contributed by atoms with van der Waals surface area (Å²) < 4.78 is 24.8. The number of rotatable bonds is 4. The van der Waals surface area contributed by atoms with Gasteiger partial charge < -0.3 is 0 Å². The van der Waals surface area contributed by atoms with Crippen LogP contribution in [0, 0.1) is 0 Å². The van der Waals surface area contributed by atoms with Crippen LogP contribution in [0.1, 0.15) is 21.5 Å². The molecule has 2 amide bonds. The Morgan fingerprint density at radius 2 is 1.81 bits per heavy atom. The molecule has 1 heterocycles. The number of halogens is 1. The van der Waals surface area contributed by atoms with E-state index in [2.05, 4.69) is 10.9 Å². The highest BCUT2D eigenvalue weighted by atomic mass is 35.5. The predicted molar refractivity (Wildman–Crippen MR) is 103 cm³/mol. The number of sulfonamides is 1. The zero-order valence-corrected chi connectivity index (χ0v) is 16.1.